The van der Waals surface area contributed by atoms with Gasteiger partial charge in [0.2, 0.25) is 5.95 Å². The van der Waals surface area contributed by atoms with Gasteiger partial charge in [0.25, 0.3) is 11.6 Å². The van der Waals surface area contributed by atoms with Gasteiger partial charge < -0.3 is 9.80 Å². The number of para-hydroxylation sites is 1. The Bertz CT molecular complexity index is 1540. The van der Waals surface area contributed by atoms with Gasteiger partial charge in [0, 0.05) is 54.2 Å². The third kappa shape index (κ3) is 4.13. The Morgan fingerprint density at radius 3 is 2.61 bits per heavy atom. The van der Waals surface area contributed by atoms with E-state index in [0.717, 1.165) is 41.2 Å². The summed E-state index contributed by atoms with van der Waals surface area (Å²) in [7, 11) is 0. The number of hydrogen-bond acceptors (Lipinski definition) is 7. The lowest BCUT2D eigenvalue weighted by atomic mass is 9.89. The van der Waals surface area contributed by atoms with Crippen LogP contribution >= 0.6 is 0 Å². The fourth-order valence-electron chi connectivity index (χ4n) is 5.97. The van der Waals surface area contributed by atoms with Gasteiger partial charge in [0.05, 0.1) is 10.4 Å². The zero-order valence-corrected chi connectivity index (χ0v) is 21.7. The Balaban J connectivity index is 1.34. The number of benzene rings is 2. The number of piperazine rings is 1. The second-order valence-electron chi connectivity index (χ2n) is 10.5. The number of carbonyl (C=O) groups is 1. The van der Waals surface area contributed by atoms with Crippen LogP contribution in [0.25, 0.3) is 16.6 Å². The van der Waals surface area contributed by atoms with Crippen LogP contribution in [-0.4, -0.2) is 61.0 Å². The van der Waals surface area contributed by atoms with E-state index in [4.69, 9.17) is 4.98 Å². The lowest BCUT2D eigenvalue weighted by molar-refractivity contribution is -0.385. The molecule has 38 heavy (non-hydrogen) atoms. The molecule has 1 saturated heterocycles. The number of nitro groups is 1. The fraction of sp³-hybridized carbons (Fsp3) is 0.429. The summed E-state index contributed by atoms with van der Waals surface area (Å²) in [5.74, 6) is 1.96. The zero-order valence-electron chi connectivity index (χ0n) is 21.7. The molecule has 1 aliphatic carbocycles. The lowest BCUT2D eigenvalue weighted by Gasteiger charge is -2.40. The normalized spacial score (nSPS) is 18.8. The van der Waals surface area contributed by atoms with E-state index in [0.29, 0.717) is 36.7 Å². The second kappa shape index (κ2) is 9.66. The molecule has 10 nitrogen and oxygen atoms in total. The van der Waals surface area contributed by atoms with Gasteiger partial charge in [-0.05, 0) is 44.9 Å². The summed E-state index contributed by atoms with van der Waals surface area (Å²) >= 11 is 0. The van der Waals surface area contributed by atoms with Crippen LogP contribution in [-0.2, 0) is 0 Å². The second-order valence-corrected chi connectivity index (χ2v) is 10.5. The molecule has 6 rings (SSSR count). The van der Waals surface area contributed by atoms with Crippen molar-refractivity contribution in [2.24, 2.45) is 0 Å². The number of aryl methyl sites for hydroxylation is 1. The summed E-state index contributed by atoms with van der Waals surface area (Å²) in [6, 6.07) is 12.6. The van der Waals surface area contributed by atoms with E-state index in [2.05, 4.69) is 19.5 Å². The van der Waals surface area contributed by atoms with Gasteiger partial charge in [-0.25, -0.2) is 9.38 Å². The summed E-state index contributed by atoms with van der Waals surface area (Å²) in [6.07, 6.45) is 5.87. The van der Waals surface area contributed by atoms with Crippen LogP contribution < -0.4 is 4.90 Å². The minimum atomic E-state index is -0.437. The van der Waals surface area contributed by atoms with Gasteiger partial charge in [-0.2, -0.15) is 0 Å². The minimum absolute atomic E-state index is 0.0345. The van der Waals surface area contributed by atoms with Crippen molar-refractivity contribution in [2.45, 2.75) is 57.9 Å². The first kappa shape index (κ1) is 24.3. The van der Waals surface area contributed by atoms with Gasteiger partial charge in [-0.3, -0.25) is 14.9 Å². The van der Waals surface area contributed by atoms with E-state index in [1.165, 1.54) is 25.3 Å². The molecule has 2 aromatic heterocycles. The topological polar surface area (TPSA) is 110 Å². The molecule has 0 spiro atoms. The molecule has 1 atom stereocenters. The molecule has 0 bridgehead atoms. The smallest absolute Gasteiger partial charge is 0.273 e. The molecule has 3 heterocycles. The molecular formula is C28H31N7O3. The molecule has 2 fully saturated rings. The van der Waals surface area contributed by atoms with Crippen LogP contribution in [0.15, 0.2) is 42.5 Å². The number of carbonyl (C=O) groups excluding carboxylic acids is 1. The monoisotopic (exact) mass is 513 g/mol. The molecule has 0 radical (unpaired) electrons. The molecule has 1 amide bonds. The van der Waals surface area contributed by atoms with Gasteiger partial charge in [-0.1, -0.05) is 37.5 Å². The highest BCUT2D eigenvalue weighted by Crippen LogP contribution is 2.35. The summed E-state index contributed by atoms with van der Waals surface area (Å²) < 4.78 is 2.14. The number of rotatable bonds is 4. The number of amides is 1. The Labute approximate surface area is 220 Å². The third-order valence-electron chi connectivity index (χ3n) is 8.05. The summed E-state index contributed by atoms with van der Waals surface area (Å²) in [6.45, 7) is 5.35. The SMILES string of the molecule is Cc1ccc(C(=O)N2CCN(c3nc4ccccc4c4nnc(C5CCCCC5)n34)CC2C)cc1[N+](=O)[O-]. The Kier molecular flexibility index (Phi) is 6.17. The average Bonchev–Trinajstić information content (AvgIpc) is 3.38. The molecule has 10 heteroatoms. The van der Waals surface area contributed by atoms with E-state index >= 15 is 0 Å². The van der Waals surface area contributed by atoms with Gasteiger partial charge in [0.1, 0.15) is 5.82 Å². The van der Waals surface area contributed by atoms with Crippen molar-refractivity contribution in [1.29, 1.82) is 0 Å². The Morgan fingerprint density at radius 2 is 1.84 bits per heavy atom. The van der Waals surface area contributed by atoms with E-state index in [1.54, 1.807) is 24.0 Å². The lowest BCUT2D eigenvalue weighted by Crippen LogP contribution is -2.54. The molecule has 0 N–H and O–H groups in total. The highest BCUT2D eigenvalue weighted by molar-refractivity contribution is 5.95. The first-order chi connectivity index (χ1) is 18.4. The van der Waals surface area contributed by atoms with E-state index in [-0.39, 0.29) is 17.6 Å². The van der Waals surface area contributed by atoms with Gasteiger partial charge >= 0.3 is 0 Å². The molecule has 2 aliphatic rings. The van der Waals surface area contributed by atoms with Crippen molar-refractivity contribution in [1.82, 2.24) is 24.5 Å². The predicted octanol–water partition coefficient (Wildman–Crippen LogP) is 4.89. The Morgan fingerprint density at radius 1 is 1.05 bits per heavy atom. The maximum atomic E-state index is 13.4. The summed E-state index contributed by atoms with van der Waals surface area (Å²) in [5.41, 5.74) is 2.54. The fourth-order valence-corrected chi connectivity index (χ4v) is 5.97. The molecule has 1 aliphatic heterocycles. The van der Waals surface area contributed by atoms with Crippen molar-refractivity contribution in [3.05, 3.63) is 69.5 Å². The van der Waals surface area contributed by atoms with Crippen LogP contribution in [0.5, 0.6) is 0 Å². The van der Waals surface area contributed by atoms with E-state index < -0.39 is 4.92 Å². The van der Waals surface area contributed by atoms with Crippen molar-refractivity contribution in [2.75, 3.05) is 24.5 Å². The van der Waals surface area contributed by atoms with Crippen LogP contribution in [0, 0.1) is 17.0 Å². The molecular weight excluding hydrogens is 482 g/mol. The van der Waals surface area contributed by atoms with Gasteiger partial charge in [0.15, 0.2) is 5.65 Å². The first-order valence-electron chi connectivity index (χ1n) is 13.4. The average molecular weight is 514 g/mol. The standard InChI is InChI=1S/C28H31N7O3/c1-18-12-13-21(16-24(18)35(37)38)27(36)33-15-14-32(17-19(33)2)28-29-23-11-7-6-10-22(23)26-31-30-25(34(26)28)20-8-4-3-5-9-20/h6-7,10-13,16,19-20H,3-5,8-9,14-15,17H2,1-2H3. The summed E-state index contributed by atoms with van der Waals surface area (Å²) in [4.78, 5) is 33.5. The van der Waals surface area contributed by atoms with Crippen LogP contribution in [0.3, 0.4) is 0 Å². The third-order valence-corrected chi connectivity index (χ3v) is 8.05. The largest absolute Gasteiger partial charge is 0.338 e. The van der Waals surface area contributed by atoms with E-state index in [9.17, 15) is 14.9 Å². The molecule has 1 saturated carbocycles. The number of nitrogens with zero attached hydrogens (tertiary/aromatic N) is 7. The predicted molar refractivity (Wildman–Crippen MR) is 145 cm³/mol. The van der Waals surface area contributed by atoms with Gasteiger partial charge in [-0.15, -0.1) is 10.2 Å². The maximum Gasteiger partial charge on any atom is 0.273 e. The molecule has 196 valence electrons. The number of nitro benzene ring substituents is 1. The number of aromatic nitrogens is 4. The zero-order chi connectivity index (χ0) is 26.4. The quantitative estimate of drug-likeness (QED) is 0.282. The van der Waals surface area contributed by atoms with Crippen LogP contribution in [0.1, 0.15) is 66.7 Å². The number of hydrogen-bond donors (Lipinski definition) is 0. The number of fused-ring (bicyclic) bond motifs is 3. The van der Waals surface area contributed by atoms with E-state index in [1.807, 2.05) is 31.2 Å². The summed E-state index contributed by atoms with van der Waals surface area (Å²) in [5, 5.41) is 21.7. The first-order valence-corrected chi connectivity index (χ1v) is 13.4. The molecule has 4 aromatic rings. The molecule has 1 unspecified atom stereocenters. The molecule has 2 aromatic carbocycles. The maximum absolute atomic E-state index is 13.4. The minimum Gasteiger partial charge on any atom is -0.338 e. The van der Waals surface area contributed by atoms with Crippen molar-refractivity contribution in [3.8, 4) is 0 Å². The Hall–Kier alpha value is -4.08. The van der Waals surface area contributed by atoms with Crippen molar-refractivity contribution in [3.63, 3.8) is 0 Å². The van der Waals surface area contributed by atoms with Crippen LogP contribution in [0.2, 0.25) is 0 Å². The van der Waals surface area contributed by atoms with Crippen molar-refractivity contribution >= 4 is 34.1 Å². The van der Waals surface area contributed by atoms with Crippen LogP contribution in [0.4, 0.5) is 11.6 Å². The highest BCUT2D eigenvalue weighted by Gasteiger charge is 2.32. The number of anilines is 1. The highest BCUT2D eigenvalue weighted by atomic mass is 16.6. The van der Waals surface area contributed by atoms with Crippen molar-refractivity contribution < 1.29 is 9.72 Å².